The monoisotopic (exact) mass is 357 g/mol. The summed E-state index contributed by atoms with van der Waals surface area (Å²) in [5.74, 6) is 0. The molecule has 0 spiro atoms. The molecule has 0 amide bonds. The van der Waals surface area contributed by atoms with E-state index >= 15 is 0 Å². The van der Waals surface area contributed by atoms with Crippen LogP contribution in [0.5, 0.6) is 0 Å². The zero-order valence-electron chi connectivity index (χ0n) is 16.2. The van der Waals surface area contributed by atoms with Crippen molar-refractivity contribution in [1.82, 2.24) is 14.3 Å². The second-order valence-corrected chi connectivity index (χ2v) is 8.95. The number of H-pyrrole nitrogens is 1. The Labute approximate surface area is 152 Å². The van der Waals surface area contributed by atoms with Gasteiger partial charge in [0.2, 0.25) is 0 Å². The van der Waals surface area contributed by atoms with Crippen LogP contribution in [0.15, 0.2) is 34.0 Å². The molecule has 0 aliphatic heterocycles. The van der Waals surface area contributed by atoms with Gasteiger partial charge in [-0.05, 0) is 72.2 Å². The molecule has 0 unspecified atom stereocenters. The normalized spacial score (nSPS) is 12.6. The maximum atomic E-state index is 4.68. The first-order valence-corrected chi connectivity index (χ1v) is 9.47. The molecule has 0 fully saturated rings. The maximum absolute atomic E-state index is 4.68. The molecular formula is C19H28N5P. The van der Waals surface area contributed by atoms with Crippen LogP contribution in [0.3, 0.4) is 0 Å². The van der Waals surface area contributed by atoms with E-state index in [1.54, 1.807) is 0 Å². The second kappa shape index (κ2) is 8.52. The summed E-state index contributed by atoms with van der Waals surface area (Å²) in [6, 6.07) is 8.38. The molecule has 0 bridgehead atoms. The minimum Gasteiger partial charge on any atom is -0.353 e. The summed E-state index contributed by atoms with van der Waals surface area (Å²) in [5, 5.41) is 0. The van der Waals surface area contributed by atoms with Gasteiger partial charge in [-0.3, -0.25) is 14.3 Å². The number of nitrogens with one attached hydrogen (secondary N) is 1. The quantitative estimate of drug-likeness (QED) is 0.613. The van der Waals surface area contributed by atoms with Gasteiger partial charge in [-0.25, -0.2) is 4.76 Å². The Balaban J connectivity index is 2.14. The minimum absolute atomic E-state index is 0.666. The highest BCUT2D eigenvalue weighted by atomic mass is 31.1. The van der Waals surface area contributed by atoms with Crippen molar-refractivity contribution >= 4 is 26.5 Å². The fourth-order valence-electron chi connectivity index (χ4n) is 2.77. The molecule has 0 atom stereocenters. The van der Waals surface area contributed by atoms with Crippen molar-refractivity contribution in [3.8, 4) is 0 Å². The van der Waals surface area contributed by atoms with Crippen LogP contribution in [0.25, 0.3) is 0 Å². The van der Waals surface area contributed by atoms with Crippen molar-refractivity contribution in [2.45, 2.75) is 20.8 Å². The lowest BCUT2D eigenvalue weighted by Crippen LogP contribution is -2.15. The van der Waals surface area contributed by atoms with E-state index in [1.165, 1.54) is 16.7 Å². The lowest BCUT2D eigenvalue weighted by molar-refractivity contribution is 0.575. The van der Waals surface area contributed by atoms with Gasteiger partial charge in [0.1, 0.15) is 0 Å². The highest BCUT2D eigenvalue weighted by Crippen LogP contribution is 2.40. The molecule has 0 saturated carbocycles. The third-order valence-electron chi connectivity index (χ3n) is 3.71. The number of hydrogen-bond donors (Lipinski definition) is 1. The average molecular weight is 357 g/mol. The van der Waals surface area contributed by atoms with Crippen molar-refractivity contribution in [1.29, 1.82) is 0 Å². The summed E-state index contributed by atoms with van der Waals surface area (Å²) in [7, 11) is 7.51. The standard InChI is InChI=1S/C19H28N5P/c1-14-10-15(2)19(16(3)11-14)20-12-17-8-9-18(22-17)13-21-25(23(4)5)24(6)7/h8-13,22H,1-7H3/b20-12?,21-13+. The number of hydrogen-bond acceptors (Lipinski definition) is 4. The van der Waals surface area contributed by atoms with Crippen molar-refractivity contribution in [3.63, 3.8) is 0 Å². The molecule has 6 heteroatoms. The number of aliphatic imine (C=N–C) groups is 1. The number of rotatable bonds is 6. The molecule has 25 heavy (non-hydrogen) atoms. The number of nitrogens with zero attached hydrogens (tertiary/aromatic N) is 4. The summed E-state index contributed by atoms with van der Waals surface area (Å²) in [6.07, 6.45) is 3.77. The number of aromatic nitrogens is 1. The molecular weight excluding hydrogens is 329 g/mol. The molecule has 0 aliphatic rings. The summed E-state index contributed by atoms with van der Waals surface area (Å²) in [6.45, 7) is 6.31. The Kier molecular flexibility index (Phi) is 6.65. The summed E-state index contributed by atoms with van der Waals surface area (Å²) < 4.78 is 8.93. The average Bonchev–Trinajstić information content (AvgIpc) is 2.93. The second-order valence-electron chi connectivity index (χ2n) is 6.58. The fourth-order valence-corrected chi connectivity index (χ4v) is 4.12. The molecule has 1 N–H and O–H groups in total. The fraction of sp³-hybridized carbons (Fsp3) is 0.368. The summed E-state index contributed by atoms with van der Waals surface area (Å²) in [5.41, 5.74) is 6.66. The molecule has 0 saturated heterocycles. The summed E-state index contributed by atoms with van der Waals surface area (Å²) >= 11 is 0. The Hall–Kier alpha value is -1.81. The lowest BCUT2D eigenvalue weighted by atomic mass is 10.1. The Morgan fingerprint density at radius 2 is 1.40 bits per heavy atom. The van der Waals surface area contributed by atoms with Crippen LogP contribution in [-0.2, 0) is 0 Å². The zero-order chi connectivity index (χ0) is 18.6. The van der Waals surface area contributed by atoms with Crippen LogP contribution in [0.1, 0.15) is 28.1 Å². The van der Waals surface area contributed by atoms with Crippen molar-refractivity contribution < 1.29 is 0 Å². The van der Waals surface area contributed by atoms with Crippen LogP contribution in [0, 0.1) is 20.8 Å². The van der Waals surface area contributed by atoms with Gasteiger partial charge < -0.3 is 4.98 Å². The molecule has 0 radical (unpaired) electrons. The van der Waals surface area contributed by atoms with Crippen LogP contribution >= 0.6 is 8.37 Å². The summed E-state index contributed by atoms with van der Waals surface area (Å²) in [4.78, 5) is 8.01. The number of aromatic amines is 1. The molecule has 5 nitrogen and oxygen atoms in total. The Morgan fingerprint density at radius 1 is 0.880 bits per heavy atom. The maximum Gasteiger partial charge on any atom is 0.168 e. The van der Waals surface area contributed by atoms with E-state index < -0.39 is 8.37 Å². The van der Waals surface area contributed by atoms with Gasteiger partial charge in [0.25, 0.3) is 0 Å². The van der Waals surface area contributed by atoms with E-state index in [0.29, 0.717) is 0 Å². The SMILES string of the molecule is Cc1cc(C)c(N=Cc2ccc(/C=N/P(N(C)C)N(C)C)[nH]2)c(C)c1. The van der Waals surface area contributed by atoms with Gasteiger partial charge in [0.05, 0.1) is 29.5 Å². The van der Waals surface area contributed by atoms with E-state index in [2.05, 4.69) is 57.0 Å². The van der Waals surface area contributed by atoms with Crippen molar-refractivity contribution in [2.75, 3.05) is 28.2 Å². The first-order valence-electron chi connectivity index (χ1n) is 8.27. The number of benzene rings is 1. The van der Waals surface area contributed by atoms with Gasteiger partial charge in [0.15, 0.2) is 8.37 Å². The first-order chi connectivity index (χ1) is 11.8. The third-order valence-corrected chi connectivity index (χ3v) is 5.47. The lowest BCUT2D eigenvalue weighted by Gasteiger charge is -2.24. The van der Waals surface area contributed by atoms with Gasteiger partial charge in [-0.15, -0.1) is 0 Å². The van der Waals surface area contributed by atoms with Crippen LogP contribution in [-0.4, -0.2) is 54.9 Å². The predicted octanol–water partition coefficient (Wildman–Crippen LogP) is 4.46. The van der Waals surface area contributed by atoms with E-state index in [1.807, 2.05) is 52.8 Å². The third kappa shape index (κ3) is 5.33. The molecule has 0 aliphatic carbocycles. The minimum atomic E-state index is -0.666. The van der Waals surface area contributed by atoms with Gasteiger partial charge >= 0.3 is 0 Å². The predicted molar refractivity (Wildman–Crippen MR) is 111 cm³/mol. The molecule has 2 aromatic rings. The number of aryl methyl sites for hydroxylation is 3. The zero-order valence-corrected chi connectivity index (χ0v) is 17.1. The molecule has 1 aromatic heterocycles. The van der Waals surface area contributed by atoms with Gasteiger partial charge in [-0.1, -0.05) is 17.7 Å². The van der Waals surface area contributed by atoms with Crippen LogP contribution in [0.2, 0.25) is 0 Å². The Bertz CT molecular complexity index is 743. The van der Waals surface area contributed by atoms with Gasteiger partial charge in [-0.2, -0.15) is 0 Å². The van der Waals surface area contributed by atoms with E-state index in [-0.39, 0.29) is 0 Å². The highest BCUT2D eigenvalue weighted by Gasteiger charge is 2.11. The molecule has 1 aromatic carbocycles. The van der Waals surface area contributed by atoms with E-state index in [0.717, 1.165) is 17.1 Å². The van der Waals surface area contributed by atoms with Crippen LogP contribution < -0.4 is 0 Å². The largest absolute Gasteiger partial charge is 0.353 e. The van der Waals surface area contributed by atoms with Gasteiger partial charge in [0, 0.05) is 0 Å². The van der Waals surface area contributed by atoms with E-state index in [9.17, 15) is 0 Å². The molecule has 2 rings (SSSR count). The topological polar surface area (TPSA) is 47.0 Å². The smallest absolute Gasteiger partial charge is 0.168 e. The first kappa shape index (κ1) is 19.5. The van der Waals surface area contributed by atoms with Crippen molar-refractivity contribution in [2.24, 2.45) is 9.76 Å². The van der Waals surface area contributed by atoms with E-state index in [4.69, 9.17) is 0 Å². The van der Waals surface area contributed by atoms with Crippen LogP contribution in [0.4, 0.5) is 5.69 Å². The molecule has 1 heterocycles. The van der Waals surface area contributed by atoms with Crippen molar-refractivity contribution in [3.05, 3.63) is 52.3 Å². The molecule has 134 valence electrons. The highest BCUT2D eigenvalue weighted by molar-refractivity contribution is 7.51. The Morgan fingerprint density at radius 3 is 1.92 bits per heavy atom.